The highest BCUT2D eigenvalue weighted by Gasteiger charge is 2.55. The molecular weight excluding hydrogens is 700 g/mol. The van der Waals surface area contributed by atoms with Gasteiger partial charge in [-0.25, -0.2) is 13.6 Å². The first-order valence-electron chi connectivity index (χ1n) is 17.3. The third kappa shape index (κ3) is 8.04. The fourth-order valence-electron chi connectivity index (χ4n) is 6.04. The number of Topliss-reactive ketones (excluding diaryl/α,β-unsaturated/α-hetero) is 1. The Morgan fingerprint density at radius 2 is 1.52 bits per heavy atom. The molecule has 0 unspecified atom stereocenters. The second-order valence-corrected chi connectivity index (χ2v) is 13.5. The Labute approximate surface area is 309 Å². The highest BCUT2D eigenvalue weighted by atomic mass is 19.1. The Hall–Kier alpha value is -6.24. The van der Waals surface area contributed by atoms with Gasteiger partial charge in [-0.3, -0.25) is 14.6 Å². The van der Waals surface area contributed by atoms with Crippen molar-refractivity contribution in [2.24, 2.45) is 5.41 Å². The number of pyridine rings is 1. The van der Waals surface area contributed by atoms with Gasteiger partial charge in [-0.05, 0) is 97.5 Å². The molecule has 2 saturated carbocycles. The summed E-state index contributed by atoms with van der Waals surface area (Å²) in [4.78, 5) is 43.2. The number of halogens is 2. The predicted molar refractivity (Wildman–Crippen MR) is 194 cm³/mol. The highest BCUT2D eigenvalue weighted by molar-refractivity contribution is 6.14. The lowest BCUT2D eigenvalue weighted by molar-refractivity contribution is -0.132. The molecular formula is C41H37F2N3O8. The van der Waals surface area contributed by atoms with Gasteiger partial charge < -0.3 is 34.3 Å². The molecule has 5 aromatic rings. The topological polar surface area (TPSA) is 134 Å². The lowest BCUT2D eigenvalue weighted by Gasteiger charge is -2.20. The molecule has 1 aromatic heterocycles. The number of ketones is 1. The van der Waals surface area contributed by atoms with Gasteiger partial charge in [-0.1, -0.05) is 18.2 Å². The maximum atomic E-state index is 15.4. The van der Waals surface area contributed by atoms with Gasteiger partial charge in [0.15, 0.2) is 28.8 Å². The van der Waals surface area contributed by atoms with Crippen molar-refractivity contribution >= 4 is 34.4 Å². The van der Waals surface area contributed by atoms with Gasteiger partial charge in [0.05, 0.1) is 25.3 Å². The van der Waals surface area contributed by atoms with Gasteiger partial charge >= 0.3 is 6.09 Å². The Balaban J connectivity index is 0.974. The molecule has 2 N–H and O–H groups in total. The van der Waals surface area contributed by atoms with Crippen molar-refractivity contribution in [3.05, 3.63) is 114 Å². The molecule has 54 heavy (non-hydrogen) atoms. The van der Waals surface area contributed by atoms with Crippen LogP contribution in [-0.4, -0.2) is 49.1 Å². The van der Waals surface area contributed by atoms with E-state index in [1.807, 2.05) is 12.1 Å². The van der Waals surface area contributed by atoms with E-state index >= 15 is 4.39 Å². The lowest BCUT2D eigenvalue weighted by Crippen LogP contribution is -2.41. The number of ether oxygens (including phenoxy) is 5. The van der Waals surface area contributed by atoms with Crippen molar-refractivity contribution in [3.63, 3.8) is 0 Å². The van der Waals surface area contributed by atoms with E-state index in [4.69, 9.17) is 23.7 Å². The molecule has 0 radical (unpaired) electrons. The standard InChI is InChI=1S/C41H37F2N3O8/c1-50-29-10-3-25(4-11-29)23-52-39(49)46-40(14-15-40)24-53-36-22-32-30(21-35(36)51-2)33(13-18-44-32)54-34-12-5-26(19-31(34)43)20-37(47)41(16-17-41)38(48)45-28-8-6-27(42)7-9-28/h3-13,18-19,21-22H,14-17,20,23-24H2,1-2H3,(H,45,48)(H,46,49). The Morgan fingerprint density at radius 1 is 0.778 bits per heavy atom. The third-order valence-corrected chi connectivity index (χ3v) is 9.64. The molecule has 0 spiro atoms. The van der Waals surface area contributed by atoms with E-state index in [-0.39, 0.29) is 31.2 Å². The van der Waals surface area contributed by atoms with E-state index in [9.17, 15) is 18.8 Å². The molecule has 0 bridgehead atoms. The summed E-state index contributed by atoms with van der Waals surface area (Å²) < 4.78 is 57.0. The third-order valence-electron chi connectivity index (χ3n) is 9.64. The number of fused-ring (bicyclic) bond motifs is 1. The largest absolute Gasteiger partial charge is 0.497 e. The number of carbonyl (C=O) groups excluding carboxylic acids is 3. The van der Waals surface area contributed by atoms with Crippen molar-refractivity contribution in [2.75, 3.05) is 26.1 Å². The quantitative estimate of drug-likeness (QED) is 0.104. The number of carbonyl (C=O) groups is 3. The average Bonchev–Trinajstić information content (AvgIpc) is 4.12. The molecule has 4 aromatic carbocycles. The summed E-state index contributed by atoms with van der Waals surface area (Å²) in [5.41, 5.74) is 0.319. The minimum absolute atomic E-state index is 0.0752. The van der Waals surface area contributed by atoms with Gasteiger partial charge in [-0.2, -0.15) is 0 Å². The van der Waals surface area contributed by atoms with E-state index in [0.717, 1.165) is 5.56 Å². The van der Waals surface area contributed by atoms with Crippen molar-refractivity contribution in [3.8, 4) is 28.7 Å². The fourth-order valence-corrected chi connectivity index (χ4v) is 6.04. The smallest absolute Gasteiger partial charge is 0.408 e. The van der Waals surface area contributed by atoms with Crippen LogP contribution in [-0.2, 0) is 27.4 Å². The SMILES string of the molecule is COc1ccc(COC(=O)NC2(COc3cc4nccc(Oc5ccc(CC(=O)C6(C(=O)Nc7ccc(F)cc7)CC6)cc5F)c4cc3OC)CC2)cc1. The first-order valence-corrected chi connectivity index (χ1v) is 17.3. The number of benzene rings is 4. The number of anilines is 1. The normalized spacial score (nSPS) is 14.7. The number of nitrogens with zero attached hydrogens (tertiary/aromatic N) is 1. The van der Waals surface area contributed by atoms with Crippen LogP contribution in [0.5, 0.6) is 28.7 Å². The van der Waals surface area contributed by atoms with Crippen LogP contribution in [0.2, 0.25) is 0 Å². The summed E-state index contributed by atoms with van der Waals surface area (Å²) in [6.45, 7) is 0.277. The summed E-state index contributed by atoms with van der Waals surface area (Å²) in [6.07, 6.45) is 3.01. The molecule has 278 valence electrons. The molecule has 0 aliphatic heterocycles. The number of amides is 2. The number of rotatable bonds is 15. The second-order valence-electron chi connectivity index (χ2n) is 13.5. The van der Waals surface area contributed by atoms with Crippen molar-refractivity contribution in [1.82, 2.24) is 10.3 Å². The molecule has 2 fully saturated rings. The van der Waals surface area contributed by atoms with E-state index in [2.05, 4.69) is 15.6 Å². The lowest BCUT2D eigenvalue weighted by atomic mass is 9.94. The monoisotopic (exact) mass is 737 g/mol. The molecule has 0 saturated heterocycles. The van der Waals surface area contributed by atoms with Crippen LogP contribution in [0.3, 0.4) is 0 Å². The fraction of sp³-hybridized carbons (Fsp3) is 0.268. The summed E-state index contributed by atoms with van der Waals surface area (Å²) in [6, 6.07) is 21.7. The molecule has 1 heterocycles. The zero-order valence-corrected chi connectivity index (χ0v) is 29.6. The highest BCUT2D eigenvalue weighted by Crippen LogP contribution is 2.48. The zero-order chi connectivity index (χ0) is 37.9. The van der Waals surface area contributed by atoms with Crippen LogP contribution < -0.4 is 29.6 Å². The van der Waals surface area contributed by atoms with Gasteiger partial charge in [-0.15, -0.1) is 0 Å². The Kier molecular flexibility index (Phi) is 10.0. The molecule has 7 rings (SSSR count). The Morgan fingerprint density at radius 3 is 2.19 bits per heavy atom. The molecule has 2 aliphatic rings. The molecule has 13 heteroatoms. The summed E-state index contributed by atoms with van der Waals surface area (Å²) in [5, 5.41) is 6.13. The minimum Gasteiger partial charge on any atom is -0.497 e. The number of hydrogen-bond acceptors (Lipinski definition) is 9. The molecule has 2 aliphatic carbocycles. The first kappa shape index (κ1) is 36.1. The Bertz CT molecular complexity index is 2200. The van der Waals surface area contributed by atoms with Gasteiger partial charge in [0.25, 0.3) is 0 Å². The molecule has 2 amide bonds. The van der Waals surface area contributed by atoms with Crippen molar-refractivity contribution < 1.29 is 46.8 Å². The van der Waals surface area contributed by atoms with E-state index < -0.39 is 34.6 Å². The van der Waals surface area contributed by atoms with Crippen LogP contribution in [0.15, 0.2) is 91.1 Å². The van der Waals surface area contributed by atoms with E-state index in [1.54, 1.807) is 43.5 Å². The van der Waals surface area contributed by atoms with E-state index in [0.29, 0.717) is 70.8 Å². The number of nitrogens with one attached hydrogen (secondary N) is 2. The van der Waals surface area contributed by atoms with Crippen molar-refractivity contribution in [1.29, 1.82) is 0 Å². The van der Waals surface area contributed by atoms with Crippen LogP contribution in [0.25, 0.3) is 10.9 Å². The average molecular weight is 738 g/mol. The second kappa shape index (κ2) is 15.0. The maximum Gasteiger partial charge on any atom is 0.408 e. The van der Waals surface area contributed by atoms with Crippen LogP contribution in [0, 0.1) is 17.0 Å². The van der Waals surface area contributed by atoms with Crippen LogP contribution >= 0.6 is 0 Å². The van der Waals surface area contributed by atoms with Crippen LogP contribution in [0.1, 0.15) is 36.8 Å². The number of hydrogen-bond donors (Lipinski definition) is 2. The van der Waals surface area contributed by atoms with Gasteiger partial charge in [0.2, 0.25) is 5.91 Å². The van der Waals surface area contributed by atoms with Gasteiger partial charge in [0, 0.05) is 29.8 Å². The maximum absolute atomic E-state index is 15.4. The van der Waals surface area contributed by atoms with E-state index in [1.165, 1.54) is 49.7 Å². The number of aromatic nitrogens is 1. The minimum atomic E-state index is -1.20. The van der Waals surface area contributed by atoms with Crippen molar-refractivity contribution in [2.45, 2.75) is 44.2 Å². The predicted octanol–water partition coefficient (Wildman–Crippen LogP) is 7.69. The summed E-state index contributed by atoms with van der Waals surface area (Å²) in [7, 11) is 3.07. The molecule has 11 nitrogen and oxygen atoms in total. The number of alkyl carbamates (subject to hydrolysis) is 1. The number of methoxy groups -OCH3 is 2. The first-order chi connectivity index (χ1) is 26.1. The summed E-state index contributed by atoms with van der Waals surface area (Å²) in [5.74, 6) is -0.194. The van der Waals surface area contributed by atoms with Gasteiger partial charge in [0.1, 0.15) is 35.9 Å². The summed E-state index contributed by atoms with van der Waals surface area (Å²) >= 11 is 0. The van der Waals surface area contributed by atoms with Crippen LogP contribution in [0.4, 0.5) is 19.3 Å². The zero-order valence-electron chi connectivity index (χ0n) is 29.6. The molecule has 0 atom stereocenters.